The summed E-state index contributed by atoms with van der Waals surface area (Å²) in [7, 11) is 0. The van der Waals surface area contributed by atoms with Gasteiger partial charge in [-0.15, -0.1) is 0 Å². The first-order valence-corrected chi connectivity index (χ1v) is 7.06. The number of nitrogens with one attached hydrogen (secondary N) is 1. The van der Waals surface area contributed by atoms with Crippen LogP contribution in [0, 0.1) is 11.8 Å². The summed E-state index contributed by atoms with van der Waals surface area (Å²) < 4.78 is 0. The molecule has 2 unspecified atom stereocenters. The molecule has 18 heavy (non-hydrogen) atoms. The Morgan fingerprint density at radius 2 is 1.89 bits per heavy atom. The molecule has 0 radical (unpaired) electrons. The second-order valence-corrected chi connectivity index (χ2v) is 6.30. The standard InChI is InChI=1S/C15H22ClNO/c1-11-7-12(2)9-15(8-11,10-18)17-14-6-4-3-5-13(14)16/h3-6,11-12,17-18H,7-10H2,1-2H3. The number of hydrogen-bond donors (Lipinski definition) is 2. The highest BCUT2D eigenvalue weighted by atomic mass is 35.5. The van der Waals surface area contributed by atoms with Gasteiger partial charge in [0.15, 0.2) is 0 Å². The molecule has 100 valence electrons. The molecule has 0 aromatic heterocycles. The van der Waals surface area contributed by atoms with E-state index in [1.165, 1.54) is 6.42 Å². The first kappa shape index (κ1) is 13.7. The Balaban J connectivity index is 2.20. The topological polar surface area (TPSA) is 32.3 Å². The summed E-state index contributed by atoms with van der Waals surface area (Å²) in [6.45, 7) is 4.68. The van der Waals surface area contributed by atoms with Crippen molar-refractivity contribution in [1.82, 2.24) is 0 Å². The first-order valence-electron chi connectivity index (χ1n) is 6.68. The lowest BCUT2D eigenvalue weighted by atomic mass is 9.72. The maximum absolute atomic E-state index is 9.82. The zero-order chi connectivity index (χ0) is 13.2. The van der Waals surface area contributed by atoms with Crippen LogP contribution in [-0.4, -0.2) is 17.3 Å². The van der Waals surface area contributed by atoms with Gasteiger partial charge in [-0.2, -0.15) is 0 Å². The van der Waals surface area contributed by atoms with Crippen LogP contribution >= 0.6 is 11.6 Å². The smallest absolute Gasteiger partial charge is 0.0661 e. The molecule has 3 heteroatoms. The summed E-state index contributed by atoms with van der Waals surface area (Å²) in [6, 6.07) is 7.74. The monoisotopic (exact) mass is 267 g/mol. The van der Waals surface area contributed by atoms with Crippen LogP contribution in [0.15, 0.2) is 24.3 Å². The van der Waals surface area contributed by atoms with E-state index in [0.717, 1.165) is 23.6 Å². The minimum Gasteiger partial charge on any atom is -0.394 e. The van der Waals surface area contributed by atoms with Crippen molar-refractivity contribution in [3.63, 3.8) is 0 Å². The van der Waals surface area contributed by atoms with Gasteiger partial charge in [0.05, 0.1) is 22.9 Å². The van der Waals surface area contributed by atoms with Crippen LogP contribution < -0.4 is 5.32 Å². The average molecular weight is 268 g/mol. The highest BCUT2D eigenvalue weighted by molar-refractivity contribution is 6.33. The van der Waals surface area contributed by atoms with E-state index >= 15 is 0 Å². The van der Waals surface area contributed by atoms with Crippen molar-refractivity contribution in [1.29, 1.82) is 0 Å². The Kier molecular flexibility index (Phi) is 4.18. The third kappa shape index (κ3) is 2.99. The van der Waals surface area contributed by atoms with E-state index in [2.05, 4.69) is 19.2 Å². The lowest BCUT2D eigenvalue weighted by molar-refractivity contribution is 0.122. The quantitative estimate of drug-likeness (QED) is 0.869. The number of aliphatic hydroxyl groups is 1. The molecule has 2 N–H and O–H groups in total. The SMILES string of the molecule is CC1CC(C)CC(CO)(Nc2ccccc2Cl)C1. The maximum atomic E-state index is 9.82. The second-order valence-electron chi connectivity index (χ2n) is 5.90. The summed E-state index contributed by atoms with van der Waals surface area (Å²) in [5.41, 5.74) is 0.705. The maximum Gasteiger partial charge on any atom is 0.0661 e. The number of halogens is 1. The van der Waals surface area contributed by atoms with Gasteiger partial charge in [0.25, 0.3) is 0 Å². The van der Waals surface area contributed by atoms with Gasteiger partial charge in [-0.3, -0.25) is 0 Å². The molecule has 1 aliphatic rings. The highest BCUT2D eigenvalue weighted by Gasteiger charge is 2.37. The number of aliphatic hydroxyl groups excluding tert-OH is 1. The van der Waals surface area contributed by atoms with Crippen molar-refractivity contribution in [3.8, 4) is 0 Å². The highest BCUT2D eigenvalue weighted by Crippen LogP contribution is 2.39. The number of hydrogen-bond acceptors (Lipinski definition) is 2. The van der Waals surface area contributed by atoms with Gasteiger partial charge >= 0.3 is 0 Å². The molecule has 0 heterocycles. The van der Waals surface area contributed by atoms with Crippen molar-refractivity contribution >= 4 is 17.3 Å². The summed E-state index contributed by atoms with van der Waals surface area (Å²) in [6.07, 6.45) is 3.24. The fourth-order valence-corrected chi connectivity index (χ4v) is 3.57. The number of rotatable bonds is 3. The van der Waals surface area contributed by atoms with Crippen LogP contribution in [-0.2, 0) is 0 Å². The fourth-order valence-electron chi connectivity index (χ4n) is 3.39. The Morgan fingerprint density at radius 3 is 2.44 bits per heavy atom. The molecule has 0 aliphatic heterocycles. The van der Waals surface area contributed by atoms with Crippen LogP contribution in [0.25, 0.3) is 0 Å². The molecule has 2 nitrogen and oxygen atoms in total. The lowest BCUT2D eigenvalue weighted by Crippen LogP contribution is -2.48. The van der Waals surface area contributed by atoms with E-state index in [9.17, 15) is 5.11 Å². The fraction of sp³-hybridized carbons (Fsp3) is 0.600. The van der Waals surface area contributed by atoms with E-state index in [0.29, 0.717) is 11.8 Å². The van der Waals surface area contributed by atoms with E-state index in [1.54, 1.807) is 0 Å². The zero-order valence-electron chi connectivity index (χ0n) is 11.1. The second kappa shape index (κ2) is 5.50. The van der Waals surface area contributed by atoms with Gasteiger partial charge in [-0.1, -0.05) is 37.6 Å². The Labute approximate surface area is 114 Å². The molecule has 2 rings (SSSR count). The first-order chi connectivity index (χ1) is 8.54. The third-order valence-corrected chi connectivity index (χ3v) is 4.19. The molecule has 0 amide bonds. The van der Waals surface area contributed by atoms with Crippen LogP contribution in [0.5, 0.6) is 0 Å². The molecule has 0 spiro atoms. The molecule has 0 bridgehead atoms. The predicted octanol–water partition coefficient (Wildman–Crippen LogP) is 3.94. The third-order valence-electron chi connectivity index (χ3n) is 3.86. The van der Waals surface area contributed by atoms with Crippen molar-refractivity contribution in [2.45, 2.75) is 38.6 Å². The van der Waals surface area contributed by atoms with Crippen LogP contribution in [0.1, 0.15) is 33.1 Å². The summed E-state index contributed by atoms with van der Waals surface area (Å²) in [4.78, 5) is 0. The van der Waals surface area contributed by atoms with Gasteiger partial charge in [-0.25, -0.2) is 0 Å². The van der Waals surface area contributed by atoms with Gasteiger partial charge in [0, 0.05) is 0 Å². The number of anilines is 1. The molecular weight excluding hydrogens is 246 g/mol. The Hall–Kier alpha value is -0.730. The summed E-state index contributed by atoms with van der Waals surface area (Å²) >= 11 is 6.19. The van der Waals surface area contributed by atoms with Crippen molar-refractivity contribution in [3.05, 3.63) is 29.3 Å². The van der Waals surface area contributed by atoms with E-state index < -0.39 is 0 Å². The largest absolute Gasteiger partial charge is 0.394 e. The van der Waals surface area contributed by atoms with Crippen LogP contribution in [0.4, 0.5) is 5.69 Å². The van der Waals surface area contributed by atoms with Crippen LogP contribution in [0.2, 0.25) is 5.02 Å². The molecule has 1 fully saturated rings. The molecule has 1 aromatic rings. The van der Waals surface area contributed by atoms with Crippen LogP contribution in [0.3, 0.4) is 0 Å². The number of benzene rings is 1. The lowest BCUT2D eigenvalue weighted by Gasteiger charge is -2.43. The summed E-state index contributed by atoms with van der Waals surface area (Å²) in [5.74, 6) is 1.27. The summed E-state index contributed by atoms with van der Waals surface area (Å²) in [5, 5.41) is 14.0. The van der Waals surface area contributed by atoms with Crippen molar-refractivity contribution in [2.24, 2.45) is 11.8 Å². The van der Waals surface area contributed by atoms with Crippen molar-refractivity contribution < 1.29 is 5.11 Å². The normalized spacial score (nSPS) is 32.2. The Morgan fingerprint density at radius 1 is 1.28 bits per heavy atom. The van der Waals surface area contributed by atoms with E-state index in [4.69, 9.17) is 11.6 Å². The molecule has 1 aromatic carbocycles. The van der Waals surface area contributed by atoms with Gasteiger partial charge < -0.3 is 10.4 Å². The molecule has 1 saturated carbocycles. The minimum absolute atomic E-state index is 0.160. The molecule has 0 saturated heterocycles. The minimum atomic E-state index is -0.220. The molecule has 1 aliphatic carbocycles. The van der Waals surface area contributed by atoms with Gasteiger partial charge in [0.1, 0.15) is 0 Å². The molecular formula is C15H22ClNO. The van der Waals surface area contributed by atoms with Gasteiger partial charge in [-0.05, 0) is 43.2 Å². The Bertz CT molecular complexity index is 397. The van der Waals surface area contributed by atoms with Gasteiger partial charge in [0.2, 0.25) is 0 Å². The molecule has 2 atom stereocenters. The number of para-hydroxylation sites is 1. The average Bonchev–Trinajstić information content (AvgIpc) is 2.31. The predicted molar refractivity (Wildman–Crippen MR) is 77.1 cm³/mol. The van der Waals surface area contributed by atoms with Crippen molar-refractivity contribution in [2.75, 3.05) is 11.9 Å². The van der Waals surface area contributed by atoms with E-state index in [1.807, 2.05) is 24.3 Å². The van der Waals surface area contributed by atoms with E-state index in [-0.39, 0.29) is 12.1 Å². The zero-order valence-corrected chi connectivity index (χ0v) is 11.9.